The van der Waals surface area contributed by atoms with E-state index < -0.39 is 5.97 Å². The van der Waals surface area contributed by atoms with Crippen LogP contribution in [0.25, 0.3) is 0 Å². The molecule has 0 aliphatic carbocycles. The van der Waals surface area contributed by atoms with Crippen molar-refractivity contribution in [3.8, 4) is 0 Å². The topological polar surface area (TPSA) is 78.3 Å². The second-order valence-electron chi connectivity index (χ2n) is 3.42. The zero-order valence-corrected chi connectivity index (χ0v) is 9.88. The van der Waals surface area contributed by atoms with E-state index in [-0.39, 0.29) is 16.3 Å². The fraction of sp³-hybridized carbons (Fsp3) is 0.364. The van der Waals surface area contributed by atoms with E-state index in [2.05, 4.69) is 0 Å². The van der Waals surface area contributed by atoms with E-state index in [1.54, 1.807) is 0 Å². The van der Waals surface area contributed by atoms with E-state index in [4.69, 9.17) is 27.8 Å². The van der Waals surface area contributed by atoms with Crippen LogP contribution < -0.4 is 11.5 Å². The summed E-state index contributed by atoms with van der Waals surface area (Å²) >= 11 is 5.90. The molecule has 1 rings (SSSR count). The zero-order chi connectivity index (χ0) is 12.1. The van der Waals surface area contributed by atoms with Crippen LogP contribution in [0.2, 0.25) is 5.02 Å². The molecule has 0 saturated carbocycles. The van der Waals surface area contributed by atoms with Crippen molar-refractivity contribution in [1.82, 2.24) is 0 Å². The highest BCUT2D eigenvalue weighted by Gasteiger charge is 2.15. The average molecular weight is 243 g/mol. The molecule has 0 spiro atoms. The Labute approximate surface area is 99.5 Å². The van der Waals surface area contributed by atoms with Gasteiger partial charge in [0.2, 0.25) is 0 Å². The van der Waals surface area contributed by atoms with Gasteiger partial charge in [0.25, 0.3) is 0 Å². The summed E-state index contributed by atoms with van der Waals surface area (Å²) in [4.78, 5) is 11.6. The number of esters is 1. The first-order valence-electron chi connectivity index (χ1n) is 5.08. The summed E-state index contributed by atoms with van der Waals surface area (Å²) < 4.78 is 5.02. The van der Waals surface area contributed by atoms with Crippen LogP contribution in [-0.2, 0) is 4.74 Å². The maximum Gasteiger partial charge on any atom is 0.339 e. The van der Waals surface area contributed by atoms with Crippen LogP contribution in [0.5, 0.6) is 0 Å². The molecule has 5 heteroatoms. The van der Waals surface area contributed by atoms with Crippen LogP contribution in [0.1, 0.15) is 30.1 Å². The van der Waals surface area contributed by atoms with Gasteiger partial charge in [0, 0.05) is 0 Å². The second-order valence-corrected chi connectivity index (χ2v) is 3.80. The molecule has 0 unspecified atom stereocenters. The third kappa shape index (κ3) is 2.79. The average Bonchev–Trinajstić information content (AvgIpc) is 2.26. The molecule has 4 N–H and O–H groups in total. The summed E-state index contributed by atoms with van der Waals surface area (Å²) in [6.45, 7) is 2.40. The number of nitrogens with two attached hydrogens (primary N) is 2. The van der Waals surface area contributed by atoms with E-state index in [0.29, 0.717) is 12.3 Å². The van der Waals surface area contributed by atoms with Crippen LogP contribution in [0.15, 0.2) is 12.1 Å². The van der Waals surface area contributed by atoms with E-state index in [1.807, 2.05) is 6.92 Å². The molecule has 88 valence electrons. The lowest BCUT2D eigenvalue weighted by atomic mass is 10.2. The third-order valence-corrected chi connectivity index (χ3v) is 2.57. The maximum atomic E-state index is 11.6. The predicted octanol–water partition coefficient (Wildman–Crippen LogP) is 2.46. The summed E-state index contributed by atoms with van der Waals surface area (Å²) in [7, 11) is 0. The van der Waals surface area contributed by atoms with Crippen molar-refractivity contribution in [3.05, 3.63) is 22.7 Å². The third-order valence-electron chi connectivity index (χ3n) is 2.16. The monoisotopic (exact) mass is 242 g/mol. The maximum absolute atomic E-state index is 11.6. The normalized spacial score (nSPS) is 10.1. The molecule has 1 aromatic carbocycles. The van der Waals surface area contributed by atoms with Gasteiger partial charge in [-0.15, -0.1) is 0 Å². The lowest BCUT2D eigenvalue weighted by Gasteiger charge is -2.08. The second kappa shape index (κ2) is 5.61. The number of anilines is 2. The standard InChI is InChI=1S/C11H15ClN2O2/c1-2-3-6-16-11(15)7-4-5-8(13)10(14)9(7)12/h4-5H,2-3,6,13-14H2,1H3. The van der Waals surface area contributed by atoms with Crippen molar-refractivity contribution in [3.63, 3.8) is 0 Å². The number of benzene rings is 1. The summed E-state index contributed by atoms with van der Waals surface area (Å²) in [5.41, 5.74) is 12.0. The Bertz CT molecular complexity index is 394. The molecule has 0 atom stereocenters. The summed E-state index contributed by atoms with van der Waals surface area (Å²) in [5.74, 6) is -0.467. The van der Waals surface area contributed by atoms with Gasteiger partial charge in [0.1, 0.15) is 0 Å². The highest BCUT2D eigenvalue weighted by atomic mass is 35.5. The van der Waals surface area contributed by atoms with Gasteiger partial charge < -0.3 is 16.2 Å². The van der Waals surface area contributed by atoms with Gasteiger partial charge in [0.05, 0.1) is 28.6 Å². The molecule has 0 radical (unpaired) electrons. The van der Waals surface area contributed by atoms with Crippen molar-refractivity contribution in [2.45, 2.75) is 19.8 Å². The molecule has 0 heterocycles. The largest absolute Gasteiger partial charge is 0.462 e. The first-order chi connectivity index (χ1) is 7.57. The molecule has 0 amide bonds. The van der Waals surface area contributed by atoms with Crippen molar-refractivity contribution >= 4 is 28.9 Å². The van der Waals surface area contributed by atoms with Crippen LogP contribution in [0, 0.1) is 0 Å². The predicted molar refractivity (Wildman–Crippen MR) is 65.5 cm³/mol. The summed E-state index contributed by atoms with van der Waals surface area (Å²) in [6, 6.07) is 3.06. The lowest BCUT2D eigenvalue weighted by molar-refractivity contribution is 0.0500. The number of unbranched alkanes of at least 4 members (excludes halogenated alkanes) is 1. The SMILES string of the molecule is CCCCOC(=O)c1ccc(N)c(N)c1Cl. The Kier molecular flexibility index (Phi) is 4.43. The molecule has 0 aliphatic rings. The molecule has 0 fully saturated rings. The van der Waals surface area contributed by atoms with Crippen LogP contribution in [0.4, 0.5) is 11.4 Å². The number of carbonyl (C=O) groups excluding carboxylic acids is 1. The number of rotatable bonds is 4. The van der Waals surface area contributed by atoms with E-state index >= 15 is 0 Å². The van der Waals surface area contributed by atoms with Gasteiger partial charge in [-0.05, 0) is 18.6 Å². The van der Waals surface area contributed by atoms with Crippen LogP contribution in [0.3, 0.4) is 0 Å². The van der Waals surface area contributed by atoms with E-state index in [9.17, 15) is 4.79 Å². The number of hydrogen-bond donors (Lipinski definition) is 2. The Morgan fingerprint density at radius 3 is 2.75 bits per heavy atom. The number of carbonyl (C=O) groups is 1. The molecule has 0 saturated heterocycles. The number of nitrogen functional groups attached to an aromatic ring is 2. The highest BCUT2D eigenvalue weighted by molar-refractivity contribution is 6.36. The lowest BCUT2D eigenvalue weighted by Crippen LogP contribution is -2.09. The zero-order valence-electron chi connectivity index (χ0n) is 9.13. The van der Waals surface area contributed by atoms with Gasteiger partial charge in [-0.25, -0.2) is 4.79 Å². The van der Waals surface area contributed by atoms with Crippen molar-refractivity contribution in [2.24, 2.45) is 0 Å². The van der Waals surface area contributed by atoms with Gasteiger partial charge in [-0.1, -0.05) is 24.9 Å². The van der Waals surface area contributed by atoms with Crippen molar-refractivity contribution in [1.29, 1.82) is 0 Å². The van der Waals surface area contributed by atoms with Crippen molar-refractivity contribution < 1.29 is 9.53 Å². The molecule has 1 aromatic rings. The van der Waals surface area contributed by atoms with Crippen LogP contribution in [-0.4, -0.2) is 12.6 Å². The Morgan fingerprint density at radius 2 is 2.12 bits per heavy atom. The molecule has 0 bridgehead atoms. The number of ether oxygens (including phenoxy) is 1. The molecule has 0 aromatic heterocycles. The Morgan fingerprint density at radius 1 is 1.44 bits per heavy atom. The number of halogens is 1. The molecule has 0 aliphatic heterocycles. The van der Waals surface area contributed by atoms with Gasteiger partial charge in [-0.3, -0.25) is 0 Å². The molecule has 16 heavy (non-hydrogen) atoms. The van der Waals surface area contributed by atoms with E-state index in [1.165, 1.54) is 12.1 Å². The molecular formula is C11H15ClN2O2. The van der Waals surface area contributed by atoms with Gasteiger partial charge in [-0.2, -0.15) is 0 Å². The first-order valence-corrected chi connectivity index (χ1v) is 5.46. The highest BCUT2D eigenvalue weighted by Crippen LogP contribution is 2.29. The fourth-order valence-electron chi connectivity index (χ4n) is 1.15. The fourth-order valence-corrected chi connectivity index (χ4v) is 1.40. The van der Waals surface area contributed by atoms with Crippen molar-refractivity contribution in [2.75, 3.05) is 18.1 Å². The summed E-state index contributed by atoms with van der Waals surface area (Å²) in [5, 5.41) is 0.154. The minimum Gasteiger partial charge on any atom is -0.462 e. The minimum atomic E-state index is -0.467. The molecular weight excluding hydrogens is 228 g/mol. The summed E-state index contributed by atoms with van der Waals surface area (Å²) in [6.07, 6.45) is 1.79. The Hall–Kier alpha value is -1.42. The van der Waals surface area contributed by atoms with Gasteiger partial charge in [0.15, 0.2) is 0 Å². The van der Waals surface area contributed by atoms with Gasteiger partial charge >= 0.3 is 5.97 Å². The van der Waals surface area contributed by atoms with E-state index in [0.717, 1.165) is 12.8 Å². The number of hydrogen-bond acceptors (Lipinski definition) is 4. The first kappa shape index (κ1) is 12.6. The molecule has 4 nitrogen and oxygen atoms in total. The Balaban J connectivity index is 2.80. The quantitative estimate of drug-likeness (QED) is 0.483. The van der Waals surface area contributed by atoms with Crippen LogP contribution >= 0.6 is 11.6 Å². The minimum absolute atomic E-state index is 0.154. The smallest absolute Gasteiger partial charge is 0.339 e.